The number of hydrogen-bond donors (Lipinski definition) is 2. The fourth-order valence-electron chi connectivity index (χ4n) is 2.35. The van der Waals surface area contributed by atoms with Gasteiger partial charge in [-0.2, -0.15) is 0 Å². The highest BCUT2D eigenvalue weighted by Gasteiger charge is 2.25. The van der Waals surface area contributed by atoms with Crippen molar-refractivity contribution < 1.29 is 4.79 Å². The van der Waals surface area contributed by atoms with E-state index in [1.807, 2.05) is 0 Å². The zero-order valence-corrected chi connectivity index (χ0v) is 11.5. The molecule has 0 bridgehead atoms. The topological polar surface area (TPSA) is 58.4 Å². The molecule has 0 radical (unpaired) electrons. The van der Waals surface area contributed by atoms with Crippen LogP contribution in [0.5, 0.6) is 0 Å². The number of carbonyl (C=O) groups is 1. The number of hydrogen-bond acceptors (Lipinski definition) is 3. The molecule has 1 saturated heterocycles. The van der Waals surface area contributed by atoms with Crippen molar-refractivity contribution in [2.75, 3.05) is 26.2 Å². The summed E-state index contributed by atoms with van der Waals surface area (Å²) < 4.78 is 0. The predicted molar refractivity (Wildman–Crippen MR) is 70.7 cm³/mol. The summed E-state index contributed by atoms with van der Waals surface area (Å²) in [5, 5.41) is 3.03. The number of nitrogens with one attached hydrogen (secondary N) is 1. The molecule has 0 spiro atoms. The molecule has 0 aromatic heterocycles. The molecule has 0 saturated carbocycles. The van der Waals surface area contributed by atoms with Crippen molar-refractivity contribution in [3.8, 4) is 0 Å². The summed E-state index contributed by atoms with van der Waals surface area (Å²) in [4.78, 5) is 13.6. The van der Waals surface area contributed by atoms with Crippen molar-refractivity contribution in [3.63, 3.8) is 0 Å². The Morgan fingerprint density at radius 3 is 2.71 bits per heavy atom. The maximum absolute atomic E-state index is 11.2. The van der Waals surface area contributed by atoms with Crippen LogP contribution in [-0.4, -0.2) is 43.0 Å². The maximum atomic E-state index is 11.2. The van der Waals surface area contributed by atoms with Gasteiger partial charge in [0, 0.05) is 25.6 Å². The summed E-state index contributed by atoms with van der Waals surface area (Å²) in [6, 6.07) is 0.336. The second-order valence-corrected chi connectivity index (χ2v) is 5.91. The van der Waals surface area contributed by atoms with Gasteiger partial charge in [0.05, 0.1) is 0 Å². The molecule has 1 amide bonds. The average Bonchev–Trinajstić information content (AvgIpc) is 2.64. The minimum absolute atomic E-state index is 0.151. The molecule has 3 N–H and O–H groups in total. The lowest BCUT2D eigenvalue weighted by Crippen LogP contribution is -2.45. The molecule has 1 aliphatic heterocycles. The molecule has 1 rings (SSSR count). The molecule has 100 valence electrons. The molecular weight excluding hydrogens is 214 g/mol. The Morgan fingerprint density at radius 1 is 1.53 bits per heavy atom. The van der Waals surface area contributed by atoms with Gasteiger partial charge in [0.15, 0.2) is 0 Å². The van der Waals surface area contributed by atoms with Crippen LogP contribution in [0.2, 0.25) is 0 Å². The SMILES string of the molecule is CCCN(CC1CCC(=O)N1)CC(C)(C)CN. The van der Waals surface area contributed by atoms with Gasteiger partial charge in [-0.25, -0.2) is 0 Å². The molecule has 1 atom stereocenters. The van der Waals surface area contributed by atoms with Crippen LogP contribution in [-0.2, 0) is 4.79 Å². The second kappa shape index (κ2) is 6.36. The van der Waals surface area contributed by atoms with Crippen LogP contribution >= 0.6 is 0 Å². The fourth-order valence-corrected chi connectivity index (χ4v) is 2.35. The van der Waals surface area contributed by atoms with Crippen molar-refractivity contribution in [1.29, 1.82) is 0 Å². The van der Waals surface area contributed by atoms with E-state index in [2.05, 4.69) is 31.0 Å². The summed E-state index contributed by atoms with van der Waals surface area (Å²) in [5.74, 6) is 0.199. The highest BCUT2D eigenvalue weighted by molar-refractivity contribution is 5.78. The first-order valence-electron chi connectivity index (χ1n) is 6.68. The van der Waals surface area contributed by atoms with Gasteiger partial charge in [0.1, 0.15) is 0 Å². The van der Waals surface area contributed by atoms with Crippen LogP contribution in [0.3, 0.4) is 0 Å². The summed E-state index contributed by atoms with van der Waals surface area (Å²) >= 11 is 0. The molecule has 17 heavy (non-hydrogen) atoms. The Kier molecular flexibility index (Phi) is 5.40. The molecule has 0 aromatic carbocycles. The van der Waals surface area contributed by atoms with E-state index in [0.717, 1.165) is 32.5 Å². The Morgan fingerprint density at radius 2 is 2.24 bits per heavy atom. The van der Waals surface area contributed by atoms with Gasteiger partial charge in [-0.15, -0.1) is 0 Å². The summed E-state index contributed by atoms with van der Waals surface area (Å²) in [6.07, 6.45) is 2.80. The Labute approximate surface area is 105 Å². The number of carbonyl (C=O) groups excluding carboxylic acids is 1. The maximum Gasteiger partial charge on any atom is 0.220 e. The molecule has 4 nitrogen and oxygen atoms in total. The van der Waals surface area contributed by atoms with Crippen molar-refractivity contribution in [1.82, 2.24) is 10.2 Å². The Hall–Kier alpha value is -0.610. The standard InChI is InChI=1S/C13H27N3O/c1-4-7-16(10-13(2,3)9-14)8-11-5-6-12(17)15-11/h11H,4-10,14H2,1-3H3,(H,15,17). The zero-order chi connectivity index (χ0) is 12.9. The lowest BCUT2D eigenvalue weighted by atomic mass is 9.93. The number of rotatable bonds is 7. The van der Waals surface area contributed by atoms with E-state index in [-0.39, 0.29) is 11.3 Å². The van der Waals surface area contributed by atoms with Gasteiger partial charge in [-0.05, 0) is 31.3 Å². The zero-order valence-electron chi connectivity index (χ0n) is 11.5. The van der Waals surface area contributed by atoms with E-state index in [9.17, 15) is 4.79 Å². The molecule has 0 aliphatic carbocycles. The molecule has 1 heterocycles. The molecular formula is C13H27N3O. The van der Waals surface area contributed by atoms with Crippen LogP contribution < -0.4 is 11.1 Å². The summed E-state index contributed by atoms with van der Waals surface area (Å²) in [5.41, 5.74) is 5.94. The van der Waals surface area contributed by atoms with E-state index in [1.54, 1.807) is 0 Å². The van der Waals surface area contributed by atoms with Gasteiger partial charge in [0.2, 0.25) is 5.91 Å². The van der Waals surface area contributed by atoms with Crippen molar-refractivity contribution >= 4 is 5.91 Å². The monoisotopic (exact) mass is 241 g/mol. The first kappa shape index (κ1) is 14.5. The highest BCUT2D eigenvalue weighted by atomic mass is 16.1. The quantitative estimate of drug-likeness (QED) is 0.698. The van der Waals surface area contributed by atoms with Gasteiger partial charge < -0.3 is 16.0 Å². The van der Waals surface area contributed by atoms with E-state index in [1.165, 1.54) is 0 Å². The Balaban J connectivity index is 2.45. The number of nitrogens with two attached hydrogens (primary N) is 1. The Bertz CT molecular complexity index is 253. The smallest absolute Gasteiger partial charge is 0.220 e. The third-order valence-electron chi connectivity index (χ3n) is 3.31. The largest absolute Gasteiger partial charge is 0.352 e. The minimum Gasteiger partial charge on any atom is -0.352 e. The van der Waals surface area contributed by atoms with Crippen LogP contribution in [0, 0.1) is 5.41 Å². The van der Waals surface area contributed by atoms with Crippen molar-refractivity contribution in [2.45, 2.75) is 46.1 Å². The summed E-state index contributed by atoms with van der Waals surface area (Å²) in [6.45, 7) is 10.3. The van der Waals surface area contributed by atoms with E-state index in [0.29, 0.717) is 19.0 Å². The third kappa shape index (κ3) is 5.04. The third-order valence-corrected chi connectivity index (χ3v) is 3.31. The molecule has 4 heteroatoms. The van der Waals surface area contributed by atoms with E-state index < -0.39 is 0 Å². The van der Waals surface area contributed by atoms with Gasteiger partial charge in [-0.3, -0.25) is 4.79 Å². The van der Waals surface area contributed by atoms with Gasteiger partial charge in [0.25, 0.3) is 0 Å². The van der Waals surface area contributed by atoms with E-state index >= 15 is 0 Å². The lowest BCUT2D eigenvalue weighted by molar-refractivity contribution is -0.119. The normalized spacial score (nSPS) is 21.0. The van der Waals surface area contributed by atoms with Gasteiger partial charge in [-0.1, -0.05) is 20.8 Å². The van der Waals surface area contributed by atoms with Crippen molar-refractivity contribution in [3.05, 3.63) is 0 Å². The average molecular weight is 241 g/mol. The first-order valence-corrected chi connectivity index (χ1v) is 6.68. The van der Waals surface area contributed by atoms with E-state index in [4.69, 9.17) is 5.73 Å². The van der Waals surface area contributed by atoms with Crippen molar-refractivity contribution in [2.24, 2.45) is 11.1 Å². The number of nitrogens with zero attached hydrogens (tertiary/aromatic N) is 1. The summed E-state index contributed by atoms with van der Waals surface area (Å²) in [7, 11) is 0. The van der Waals surface area contributed by atoms with Crippen LogP contribution in [0.4, 0.5) is 0 Å². The first-order chi connectivity index (χ1) is 7.96. The molecule has 1 aliphatic rings. The van der Waals surface area contributed by atoms with Crippen LogP contribution in [0.25, 0.3) is 0 Å². The molecule has 1 unspecified atom stereocenters. The predicted octanol–water partition coefficient (Wildman–Crippen LogP) is 0.962. The lowest BCUT2D eigenvalue weighted by Gasteiger charge is -2.33. The molecule has 1 fully saturated rings. The number of amides is 1. The second-order valence-electron chi connectivity index (χ2n) is 5.91. The minimum atomic E-state index is 0.151. The van der Waals surface area contributed by atoms with Crippen LogP contribution in [0.1, 0.15) is 40.0 Å². The fraction of sp³-hybridized carbons (Fsp3) is 0.923. The van der Waals surface area contributed by atoms with Gasteiger partial charge >= 0.3 is 0 Å². The van der Waals surface area contributed by atoms with Crippen LogP contribution in [0.15, 0.2) is 0 Å². The molecule has 0 aromatic rings. The highest BCUT2D eigenvalue weighted by Crippen LogP contribution is 2.17.